The van der Waals surface area contributed by atoms with Gasteiger partial charge in [-0.15, -0.1) is 0 Å². The second-order valence-electron chi connectivity index (χ2n) is 1.66. The molecular formula is C6H12N2O. The summed E-state index contributed by atoms with van der Waals surface area (Å²) in [4.78, 5) is 13.9. The summed E-state index contributed by atoms with van der Waals surface area (Å²) in [6, 6.07) is -0.275. The lowest BCUT2D eigenvalue weighted by Gasteiger charge is -1.87. The predicted molar refractivity (Wildman–Crippen MR) is 37.9 cm³/mol. The molecule has 0 atom stereocenters. The number of nitrogens with zero attached hydrogens (tertiary/aromatic N) is 1. The van der Waals surface area contributed by atoms with E-state index in [1.54, 1.807) is 13.3 Å². The number of unbranched alkanes of at least 4 members (excludes halogenated alkanes) is 1. The van der Waals surface area contributed by atoms with Gasteiger partial charge in [0.15, 0.2) is 0 Å². The molecule has 0 aliphatic carbocycles. The zero-order chi connectivity index (χ0) is 7.11. The van der Waals surface area contributed by atoms with Gasteiger partial charge in [0.25, 0.3) is 0 Å². The highest BCUT2D eigenvalue weighted by Gasteiger charge is 1.85. The SMILES string of the molecule is CCCC=NC(=O)NC. The van der Waals surface area contributed by atoms with Crippen molar-refractivity contribution in [1.29, 1.82) is 0 Å². The summed E-state index contributed by atoms with van der Waals surface area (Å²) in [5.41, 5.74) is 0. The molecule has 0 saturated heterocycles. The summed E-state index contributed by atoms with van der Waals surface area (Å²) in [6.45, 7) is 2.04. The molecule has 0 rings (SSSR count). The normalized spacial score (nSPS) is 10.0. The zero-order valence-corrected chi connectivity index (χ0v) is 5.85. The number of hydrogen-bond donors (Lipinski definition) is 1. The quantitative estimate of drug-likeness (QED) is 0.558. The van der Waals surface area contributed by atoms with Crippen LogP contribution in [0.25, 0.3) is 0 Å². The van der Waals surface area contributed by atoms with Crippen LogP contribution in [0, 0.1) is 0 Å². The maximum absolute atomic E-state index is 10.4. The van der Waals surface area contributed by atoms with Gasteiger partial charge in [-0.25, -0.2) is 9.79 Å². The maximum Gasteiger partial charge on any atom is 0.340 e. The van der Waals surface area contributed by atoms with E-state index in [1.165, 1.54) is 0 Å². The zero-order valence-electron chi connectivity index (χ0n) is 5.85. The fraction of sp³-hybridized carbons (Fsp3) is 0.667. The number of nitrogens with one attached hydrogen (secondary N) is 1. The minimum absolute atomic E-state index is 0.275. The maximum atomic E-state index is 10.4. The first-order valence-electron chi connectivity index (χ1n) is 3.05. The van der Waals surface area contributed by atoms with E-state index < -0.39 is 0 Å². The molecule has 0 aliphatic heterocycles. The molecular weight excluding hydrogens is 116 g/mol. The first kappa shape index (κ1) is 8.14. The molecule has 0 fully saturated rings. The molecule has 0 heterocycles. The number of carbonyl (C=O) groups is 1. The van der Waals surface area contributed by atoms with E-state index in [9.17, 15) is 4.79 Å². The van der Waals surface area contributed by atoms with Crippen LogP contribution >= 0.6 is 0 Å². The van der Waals surface area contributed by atoms with Crippen molar-refractivity contribution in [2.45, 2.75) is 19.8 Å². The van der Waals surface area contributed by atoms with E-state index in [2.05, 4.69) is 10.3 Å². The molecule has 0 spiro atoms. The van der Waals surface area contributed by atoms with Crippen LogP contribution in [0.5, 0.6) is 0 Å². The van der Waals surface area contributed by atoms with Crippen LogP contribution in [0.3, 0.4) is 0 Å². The smallest absolute Gasteiger partial charge is 0.339 e. The molecule has 0 aliphatic rings. The largest absolute Gasteiger partial charge is 0.340 e. The van der Waals surface area contributed by atoms with Crippen molar-refractivity contribution in [3.05, 3.63) is 0 Å². The van der Waals surface area contributed by atoms with Crippen LogP contribution in [0.1, 0.15) is 19.8 Å². The Hall–Kier alpha value is -0.860. The lowest BCUT2D eigenvalue weighted by Crippen LogP contribution is -2.12. The summed E-state index contributed by atoms with van der Waals surface area (Å²) in [5.74, 6) is 0. The fourth-order valence-corrected chi connectivity index (χ4v) is 0.341. The highest BCUT2D eigenvalue weighted by atomic mass is 16.2. The van der Waals surface area contributed by atoms with Gasteiger partial charge in [-0.05, 0) is 6.42 Å². The van der Waals surface area contributed by atoms with E-state index in [-0.39, 0.29) is 6.03 Å². The van der Waals surface area contributed by atoms with Crippen LogP contribution in [-0.4, -0.2) is 19.3 Å². The minimum atomic E-state index is -0.275. The van der Waals surface area contributed by atoms with Crippen LogP contribution < -0.4 is 5.32 Å². The number of carbonyl (C=O) groups excluding carboxylic acids is 1. The lowest BCUT2D eigenvalue weighted by molar-refractivity contribution is 0.251. The topological polar surface area (TPSA) is 41.5 Å². The Morgan fingerprint density at radius 3 is 2.89 bits per heavy atom. The molecule has 0 unspecified atom stereocenters. The fourth-order valence-electron chi connectivity index (χ4n) is 0.341. The standard InChI is InChI=1S/C6H12N2O/c1-3-4-5-8-6(9)7-2/h5H,3-4H2,1-2H3,(H,7,9). The summed E-state index contributed by atoms with van der Waals surface area (Å²) in [6.07, 6.45) is 3.52. The molecule has 0 saturated carbocycles. The van der Waals surface area contributed by atoms with Gasteiger partial charge in [-0.1, -0.05) is 13.3 Å². The Bertz CT molecular complexity index is 110. The molecule has 1 N–H and O–H groups in total. The van der Waals surface area contributed by atoms with Crippen molar-refractivity contribution < 1.29 is 4.79 Å². The third-order valence-electron chi connectivity index (χ3n) is 0.840. The Kier molecular flexibility index (Phi) is 4.78. The van der Waals surface area contributed by atoms with E-state index in [0.717, 1.165) is 12.8 Å². The number of urea groups is 1. The molecule has 2 amide bonds. The van der Waals surface area contributed by atoms with Gasteiger partial charge < -0.3 is 5.32 Å². The molecule has 3 nitrogen and oxygen atoms in total. The van der Waals surface area contributed by atoms with E-state index in [4.69, 9.17) is 0 Å². The van der Waals surface area contributed by atoms with Gasteiger partial charge in [-0.3, -0.25) is 0 Å². The Morgan fingerprint density at radius 2 is 2.44 bits per heavy atom. The first-order chi connectivity index (χ1) is 4.31. The Balaban J connectivity index is 3.32. The molecule has 0 aromatic rings. The van der Waals surface area contributed by atoms with Crippen LogP contribution in [0.4, 0.5) is 4.79 Å². The average Bonchev–Trinajstić information content (AvgIpc) is 1.89. The molecule has 52 valence electrons. The molecule has 0 bridgehead atoms. The summed E-state index contributed by atoms with van der Waals surface area (Å²) < 4.78 is 0. The number of aliphatic imine (C=N–C) groups is 1. The van der Waals surface area contributed by atoms with Crippen molar-refractivity contribution in [3.63, 3.8) is 0 Å². The van der Waals surface area contributed by atoms with E-state index in [1.807, 2.05) is 6.92 Å². The third-order valence-corrected chi connectivity index (χ3v) is 0.840. The van der Waals surface area contributed by atoms with Crippen LogP contribution in [-0.2, 0) is 0 Å². The summed E-state index contributed by atoms with van der Waals surface area (Å²) in [5, 5.41) is 2.39. The monoisotopic (exact) mass is 128 g/mol. The van der Waals surface area contributed by atoms with Crippen molar-refractivity contribution >= 4 is 12.2 Å². The van der Waals surface area contributed by atoms with Crippen LogP contribution in [0.15, 0.2) is 4.99 Å². The Labute approximate surface area is 55.2 Å². The van der Waals surface area contributed by atoms with Gasteiger partial charge >= 0.3 is 6.03 Å². The van der Waals surface area contributed by atoms with Gasteiger partial charge in [-0.2, -0.15) is 0 Å². The molecule has 9 heavy (non-hydrogen) atoms. The number of hydrogen-bond acceptors (Lipinski definition) is 1. The van der Waals surface area contributed by atoms with Gasteiger partial charge in [0.05, 0.1) is 0 Å². The van der Waals surface area contributed by atoms with E-state index in [0.29, 0.717) is 0 Å². The van der Waals surface area contributed by atoms with Crippen molar-refractivity contribution in [2.75, 3.05) is 7.05 Å². The van der Waals surface area contributed by atoms with Crippen molar-refractivity contribution in [3.8, 4) is 0 Å². The Morgan fingerprint density at radius 1 is 1.78 bits per heavy atom. The summed E-state index contributed by atoms with van der Waals surface area (Å²) in [7, 11) is 1.56. The van der Waals surface area contributed by atoms with Gasteiger partial charge in [0, 0.05) is 13.3 Å². The number of rotatable bonds is 2. The first-order valence-corrected chi connectivity index (χ1v) is 3.05. The van der Waals surface area contributed by atoms with Gasteiger partial charge in [0.1, 0.15) is 0 Å². The molecule has 3 heteroatoms. The molecule has 0 aromatic carbocycles. The van der Waals surface area contributed by atoms with Crippen molar-refractivity contribution in [1.82, 2.24) is 5.32 Å². The van der Waals surface area contributed by atoms with Crippen LogP contribution in [0.2, 0.25) is 0 Å². The second-order valence-corrected chi connectivity index (χ2v) is 1.66. The molecule has 0 aromatic heterocycles. The highest BCUT2D eigenvalue weighted by Crippen LogP contribution is 1.80. The third kappa shape index (κ3) is 5.00. The predicted octanol–water partition coefficient (Wildman–Crippen LogP) is 1.20. The lowest BCUT2D eigenvalue weighted by atomic mass is 10.4. The summed E-state index contributed by atoms with van der Waals surface area (Å²) >= 11 is 0. The van der Waals surface area contributed by atoms with Gasteiger partial charge in [0.2, 0.25) is 0 Å². The highest BCUT2D eigenvalue weighted by molar-refractivity contribution is 5.83. The van der Waals surface area contributed by atoms with E-state index >= 15 is 0 Å². The average molecular weight is 128 g/mol. The minimum Gasteiger partial charge on any atom is -0.339 e. The molecule has 0 radical (unpaired) electrons. The second kappa shape index (κ2) is 5.28. The number of amides is 2. The van der Waals surface area contributed by atoms with Crippen molar-refractivity contribution in [2.24, 2.45) is 4.99 Å².